The summed E-state index contributed by atoms with van der Waals surface area (Å²) in [5.74, 6) is 0. The van der Waals surface area contributed by atoms with Gasteiger partial charge < -0.3 is 20.0 Å². The molecule has 250 valence electrons. The molecule has 4 nitrogen and oxygen atoms in total. The van der Waals surface area contributed by atoms with Crippen LogP contribution in [0.25, 0.3) is 0 Å². The molecule has 5 heteroatoms. The fourth-order valence-corrected chi connectivity index (χ4v) is 5.44. The fraction of sp³-hybridized carbons (Fsp3) is 0.182. The number of hydrogen-bond acceptors (Lipinski definition) is 4. The van der Waals surface area contributed by atoms with Crippen molar-refractivity contribution in [3.05, 3.63) is 215 Å². The maximum Gasteiger partial charge on any atom is 4.00 e. The normalized spacial score (nSPS) is 11.0. The van der Waals surface area contributed by atoms with Gasteiger partial charge >= 0.3 is 17.1 Å². The maximum absolute atomic E-state index is 13.7. The van der Waals surface area contributed by atoms with Crippen molar-refractivity contribution in [1.29, 1.82) is 0 Å². The van der Waals surface area contributed by atoms with Gasteiger partial charge in [0.15, 0.2) is 0 Å². The van der Waals surface area contributed by atoms with E-state index in [9.17, 15) is 10.2 Å². The first-order valence-electron chi connectivity index (χ1n) is 16.3. The van der Waals surface area contributed by atoms with Crippen molar-refractivity contribution in [3.8, 4) is 0 Å². The van der Waals surface area contributed by atoms with E-state index in [4.69, 9.17) is 0 Å². The summed E-state index contributed by atoms with van der Waals surface area (Å²) in [6, 6.07) is 57.3. The second kappa shape index (κ2) is 19.6. The molecule has 0 aliphatic carbocycles. The van der Waals surface area contributed by atoms with Gasteiger partial charge in [0, 0.05) is 13.1 Å². The number of benzene rings is 6. The first-order valence-corrected chi connectivity index (χ1v) is 16.3. The van der Waals surface area contributed by atoms with E-state index in [-0.39, 0.29) is 17.1 Å². The molecule has 6 rings (SSSR count). The zero-order valence-corrected chi connectivity index (χ0v) is 29.9. The van der Waals surface area contributed by atoms with E-state index in [2.05, 4.69) is 38.0 Å². The van der Waals surface area contributed by atoms with Crippen molar-refractivity contribution in [1.82, 2.24) is 9.80 Å². The van der Waals surface area contributed by atoms with Crippen LogP contribution >= 0.6 is 0 Å². The number of hydrogen-bond donors (Lipinski definition) is 0. The van der Waals surface area contributed by atoms with Gasteiger partial charge in [0.2, 0.25) is 0 Å². The monoisotopic (exact) mass is 690 g/mol. The van der Waals surface area contributed by atoms with Crippen LogP contribution in [0.15, 0.2) is 182 Å². The van der Waals surface area contributed by atoms with Gasteiger partial charge in [-0.05, 0) is 72.8 Å². The molecule has 6 aromatic rings. The standard InChI is InChI=1S/2C19H15O.C6H16N2.Fe/c2*20-19(16-10-4-1-5-11-16,17-12-6-2-7-13-17)18-14-8-3-9-15-18;1-7(2)5-6-8(3)4;/h2*1-15H;5-6H2,1-4H3;/q2*-1;;+4. The number of nitrogens with zero attached hydrogens (tertiary/aromatic N) is 2. The first-order chi connectivity index (χ1) is 23.3. The average Bonchev–Trinajstić information content (AvgIpc) is 3.16. The Morgan fingerprint density at radius 1 is 0.327 bits per heavy atom. The summed E-state index contributed by atoms with van der Waals surface area (Å²) < 4.78 is 0. The molecule has 0 spiro atoms. The zero-order chi connectivity index (χ0) is 34.2. The van der Waals surface area contributed by atoms with Crippen LogP contribution in [0.4, 0.5) is 0 Å². The number of rotatable bonds is 9. The molecule has 0 radical (unpaired) electrons. The van der Waals surface area contributed by atoms with E-state index in [1.807, 2.05) is 182 Å². The third-order valence-electron chi connectivity index (χ3n) is 8.08. The Kier molecular flexibility index (Phi) is 15.7. The van der Waals surface area contributed by atoms with Crippen LogP contribution in [0.2, 0.25) is 0 Å². The molecule has 0 heterocycles. The molecule has 0 aliphatic rings. The smallest absolute Gasteiger partial charge is 0.839 e. The number of likely N-dealkylation sites (N-methyl/N-ethyl adjacent to an activating group) is 2. The van der Waals surface area contributed by atoms with Crippen molar-refractivity contribution >= 4 is 0 Å². The summed E-state index contributed by atoms with van der Waals surface area (Å²) >= 11 is 0. The van der Waals surface area contributed by atoms with Gasteiger partial charge in [0.1, 0.15) is 0 Å². The van der Waals surface area contributed by atoms with E-state index < -0.39 is 11.2 Å². The van der Waals surface area contributed by atoms with Crippen LogP contribution in [0.1, 0.15) is 33.4 Å². The van der Waals surface area contributed by atoms with E-state index in [1.165, 1.54) is 0 Å². The van der Waals surface area contributed by atoms with Gasteiger partial charge in [0.05, 0.1) is 0 Å². The summed E-state index contributed by atoms with van der Waals surface area (Å²) in [5.41, 5.74) is 1.83. The fourth-order valence-electron chi connectivity index (χ4n) is 5.44. The molecule has 0 amide bonds. The SMILES string of the molecule is CN(C)CCN(C)C.[Fe+4].[O-]C(c1ccccc1)(c1ccccc1)c1ccccc1.[O-]C(c1ccccc1)(c1ccccc1)c1ccccc1. The minimum atomic E-state index is -1.37. The second-order valence-corrected chi connectivity index (χ2v) is 12.2. The summed E-state index contributed by atoms with van der Waals surface area (Å²) in [4.78, 5) is 4.36. The summed E-state index contributed by atoms with van der Waals surface area (Å²) in [7, 11) is 8.35. The van der Waals surface area contributed by atoms with Gasteiger partial charge in [0.25, 0.3) is 0 Å². The molecule has 6 aromatic carbocycles. The molecule has 0 unspecified atom stereocenters. The molecule has 0 bridgehead atoms. The summed E-state index contributed by atoms with van der Waals surface area (Å²) in [5, 5.41) is 27.4. The summed E-state index contributed by atoms with van der Waals surface area (Å²) in [6.07, 6.45) is 0. The quantitative estimate of drug-likeness (QED) is 0.124. The Morgan fingerprint density at radius 3 is 0.592 bits per heavy atom. The van der Waals surface area contributed by atoms with Crippen molar-refractivity contribution in [2.45, 2.75) is 11.2 Å². The second-order valence-electron chi connectivity index (χ2n) is 12.2. The Bertz CT molecular complexity index is 1390. The largest absolute Gasteiger partial charge is 4.00 e. The van der Waals surface area contributed by atoms with E-state index in [0.717, 1.165) is 46.5 Å². The van der Waals surface area contributed by atoms with Gasteiger partial charge in [-0.15, -0.1) is 0 Å². The maximum atomic E-state index is 13.7. The first kappa shape index (κ1) is 39.1. The molecule has 0 saturated carbocycles. The zero-order valence-electron chi connectivity index (χ0n) is 28.8. The molecule has 49 heavy (non-hydrogen) atoms. The Morgan fingerprint density at radius 2 is 0.469 bits per heavy atom. The van der Waals surface area contributed by atoms with Gasteiger partial charge in [-0.2, -0.15) is 0 Å². The van der Waals surface area contributed by atoms with E-state index in [1.54, 1.807) is 0 Å². The molecular formula is C44H46FeN2O2+2. The van der Waals surface area contributed by atoms with Crippen molar-refractivity contribution in [2.24, 2.45) is 0 Å². The van der Waals surface area contributed by atoms with Crippen LogP contribution in [-0.2, 0) is 28.3 Å². The van der Waals surface area contributed by atoms with Gasteiger partial charge in [-0.1, -0.05) is 182 Å². The molecule has 0 atom stereocenters. The Labute approximate surface area is 303 Å². The topological polar surface area (TPSA) is 52.6 Å². The average molecular weight is 691 g/mol. The molecule has 0 aromatic heterocycles. The van der Waals surface area contributed by atoms with Gasteiger partial charge in [-0.3, -0.25) is 0 Å². The molecule has 0 fully saturated rings. The van der Waals surface area contributed by atoms with Crippen LogP contribution in [0.3, 0.4) is 0 Å². The minimum absolute atomic E-state index is 0. The summed E-state index contributed by atoms with van der Waals surface area (Å²) in [6.45, 7) is 2.29. The minimum Gasteiger partial charge on any atom is -0.839 e. The Hall–Kier alpha value is -4.32. The van der Waals surface area contributed by atoms with Gasteiger partial charge in [-0.25, -0.2) is 0 Å². The van der Waals surface area contributed by atoms with E-state index in [0.29, 0.717) is 0 Å². The Balaban J connectivity index is 0.000000215. The predicted octanol–water partition coefficient (Wildman–Crippen LogP) is 6.78. The molecular weight excluding hydrogens is 644 g/mol. The van der Waals surface area contributed by atoms with Crippen molar-refractivity contribution in [3.63, 3.8) is 0 Å². The third-order valence-corrected chi connectivity index (χ3v) is 8.08. The van der Waals surface area contributed by atoms with Crippen molar-refractivity contribution < 1.29 is 27.3 Å². The molecule has 0 N–H and O–H groups in total. The molecule has 0 saturated heterocycles. The van der Waals surface area contributed by atoms with Crippen LogP contribution < -0.4 is 10.2 Å². The van der Waals surface area contributed by atoms with E-state index >= 15 is 0 Å². The predicted molar refractivity (Wildman–Crippen MR) is 196 cm³/mol. The third kappa shape index (κ3) is 10.6. The van der Waals surface area contributed by atoms with Crippen LogP contribution in [0, 0.1) is 0 Å². The van der Waals surface area contributed by atoms with Crippen LogP contribution in [-0.4, -0.2) is 51.1 Å². The van der Waals surface area contributed by atoms with Crippen molar-refractivity contribution in [2.75, 3.05) is 41.3 Å². The van der Waals surface area contributed by atoms with Crippen LogP contribution in [0.5, 0.6) is 0 Å². The molecule has 0 aliphatic heterocycles.